The first-order valence-corrected chi connectivity index (χ1v) is 11.2. The molecule has 32 heavy (non-hydrogen) atoms. The molecule has 0 bridgehead atoms. The number of aryl methyl sites for hydroxylation is 1. The summed E-state index contributed by atoms with van der Waals surface area (Å²) in [6.45, 7) is 9.92. The summed E-state index contributed by atoms with van der Waals surface area (Å²) in [5.41, 5.74) is 3.00. The van der Waals surface area contributed by atoms with Crippen molar-refractivity contribution in [3.05, 3.63) is 64.7 Å². The van der Waals surface area contributed by atoms with Gasteiger partial charge < -0.3 is 15.4 Å². The maximum atomic E-state index is 13.4. The molecular formula is C26H33N3O3. The van der Waals surface area contributed by atoms with E-state index in [4.69, 9.17) is 4.74 Å². The van der Waals surface area contributed by atoms with Crippen molar-refractivity contribution in [3.63, 3.8) is 0 Å². The number of methoxy groups -OCH3 is 1. The largest absolute Gasteiger partial charge is 0.496 e. The van der Waals surface area contributed by atoms with Gasteiger partial charge in [-0.15, -0.1) is 0 Å². The lowest BCUT2D eigenvalue weighted by molar-refractivity contribution is -0.127. The van der Waals surface area contributed by atoms with Gasteiger partial charge in [0.2, 0.25) is 5.91 Å². The van der Waals surface area contributed by atoms with Gasteiger partial charge in [-0.3, -0.25) is 14.5 Å². The molecule has 2 aromatic rings. The third-order valence-electron chi connectivity index (χ3n) is 6.42. The first-order chi connectivity index (χ1) is 15.1. The Morgan fingerprint density at radius 1 is 1.25 bits per heavy atom. The van der Waals surface area contributed by atoms with Gasteiger partial charge in [-0.05, 0) is 62.9 Å². The van der Waals surface area contributed by atoms with Crippen molar-refractivity contribution in [2.45, 2.75) is 51.7 Å². The van der Waals surface area contributed by atoms with Crippen LogP contribution in [-0.4, -0.2) is 48.0 Å². The Hall–Kier alpha value is -2.86. The zero-order valence-corrected chi connectivity index (χ0v) is 19.6. The highest BCUT2D eigenvalue weighted by Crippen LogP contribution is 2.37. The Labute approximate surface area is 190 Å². The summed E-state index contributed by atoms with van der Waals surface area (Å²) >= 11 is 0. The molecule has 2 aliphatic rings. The van der Waals surface area contributed by atoms with Crippen LogP contribution in [0.2, 0.25) is 0 Å². The summed E-state index contributed by atoms with van der Waals surface area (Å²) in [5.74, 6) is 0.428. The van der Waals surface area contributed by atoms with Gasteiger partial charge in [0.15, 0.2) is 0 Å². The van der Waals surface area contributed by atoms with Gasteiger partial charge in [-0.2, -0.15) is 0 Å². The fourth-order valence-electron chi connectivity index (χ4n) is 5.09. The predicted molar refractivity (Wildman–Crippen MR) is 125 cm³/mol. The number of carbonyl (C=O) groups excluding carboxylic acids is 2. The quantitative estimate of drug-likeness (QED) is 0.774. The van der Waals surface area contributed by atoms with Gasteiger partial charge in [-0.1, -0.05) is 30.3 Å². The van der Waals surface area contributed by atoms with Crippen molar-refractivity contribution >= 4 is 11.8 Å². The number of nitrogens with one attached hydrogen (secondary N) is 2. The maximum Gasteiger partial charge on any atom is 0.252 e. The summed E-state index contributed by atoms with van der Waals surface area (Å²) in [6.07, 6.45) is 0.648. The first-order valence-electron chi connectivity index (χ1n) is 11.2. The lowest BCUT2D eigenvalue weighted by Crippen LogP contribution is -2.62. The van der Waals surface area contributed by atoms with Gasteiger partial charge in [0, 0.05) is 30.7 Å². The summed E-state index contributed by atoms with van der Waals surface area (Å²) in [5, 5.41) is 6.40. The van der Waals surface area contributed by atoms with E-state index in [1.54, 1.807) is 7.11 Å². The lowest BCUT2D eigenvalue weighted by atomic mass is 9.76. The molecular weight excluding hydrogens is 402 g/mol. The van der Waals surface area contributed by atoms with Crippen LogP contribution in [0.1, 0.15) is 47.8 Å². The highest BCUT2D eigenvalue weighted by atomic mass is 16.5. The van der Waals surface area contributed by atoms with Crippen LogP contribution < -0.4 is 15.4 Å². The second-order valence-corrected chi connectivity index (χ2v) is 10.2. The number of hydrogen-bond donors (Lipinski definition) is 2. The summed E-state index contributed by atoms with van der Waals surface area (Å²) in [4.78, 5) is 28.7. The highest BCUT2D eigenvalue weighted by molar-refractivity contribution is 5.98. The Bertz CT molecular complexity index is 1040. The lowest BCUT2D eigenvalue weighted by Gasteiger charge is -2.40. The van der Waals surface area contributed by atoms with Gasteiger partial charge >= 0.3 is 0 Å². The molecule has 0 radical (unpaired) electrons. The fraction of sp³-hybridized carbons (Fsp3) is 0.462. The number of benzene rings is 2. The summed E-state index contributed by atoms with van der Waals surface area (Å²) in [6, 6.07) is 13.9. The van der Waals surface area contributed by atoms with Gasteiger partial charge in [0.1, 0.15) is 5.75 Å². The number of likely N-dealkylation sites (tertiary alicyclic amines) is 1. The molecule has 1 spiro atoms. The van der Waals surface area contributed by atoms with Crippen molar-refractivity contribution in [1.29, 1.82) is 0 Å². The molecule has 0 aromatic heterocycles. The highest BCUT2D eigenvalue weighted by Gasteiger charge is 2.53. The SMILES string of the molecule is COc1ccc(CN2C[C@@H](C(=O)NC(C)(C)C)[C@@]3(Cc4ccccc4C(=O)N3)C2)cc1C. The van der Waals surface area contributed by atoms with Crippen molar-refractivity contribution in [2.24, 2.45) is 5.92 Å². The minimum absolute atomic E-state index is 0.00871. The maximum absolute atomic E-state index is 13.4. The molecule has 1 saturated heterocycles. The zero-order chi connectivity index (χ0) is 23.1. The van der Waals surface area contributed by atoms with Gasteiger partial charge in [0.05, 0.1) is 18.6 Å². The van der Waals surface area contributed by atoms with Crippen molar-refractivity contribution in [3.8, 4) is 5.75 Å². The molecule has 0 aliphatic carbocycles. The van der Waals surface area contributed by atoms with Crippen LogP contribution in [0, 0.1) is 12.8 Å². The molecule has 2 aliphatic heterocycles. The topological polar surface area (TPSA) is 70.7 Å². The molecule has 6 heteroatoms. The third-order valence-corrected chi connectivity index (χ3v) is 6.42. The Balaban J connectivity index is 1.63. The number of fused-ring (bicyclic) bond motifs is 1. The molecule has 2 aromatic carbocycles. The molecule has 0 unspecified atom stereocenters. The predicted octanol–water partition coefficient (Wildman–Crippen LogP) is 3.08. The molecule has 2 heterocycles. The van der Waals surface area contributed by atoms with Crippen LogP contribution >= 0.6 is 0 Å². The molecule has 0 saturated carbocycles. The van der Waals surface area contributed by atoms with Crippen LogP contribution in [0.3, 0.4) is 0 Å². The van der Waals surface area contributed by atoms with Gasteiger partial charge in [0.25, 0.3) is 5.91 Å². The smallest absolute Gasteiger partial charge is 0.252 e. The van der Waals surface area contributed by atoms with E-state index in [2.05, 4.69) is 27.7 Å². The molecule has 2 amide bonds. The second kappa shape index (κ2) is 8.24. The monoisotopic (exact) mass is 435 g/mol. The third kappa shape index (κ3) is 4.37. The van der Waals surface area contributed by atoms with Crippen LogP contribution in [0.25, 0.3) is 0 Å². The minimum atomic E-state index is -0.623. The van der Waals surface area contributed by atoms with Crippen molar-refractivity contribution < 1.29 is 14.3 Å². The number of rotatable bonds is 4. The average Bonchev–Trinajstić information content (AvgIpc) is 3.03. The van der Waals surface area contributed by atoms with Crippen LogP contribution in [0.5, 0.6) is 5.75 Å². The van der Waals surface area contributed by atoms with E-state index in [1.165, 1.54) is 0 Å². The zero-order valence-electron chi connectivity index (χ0n) is 19.6. The number of ether oxygens (including phenoxy) is 1. The molecule has 170 valence electrons. The second-order valence-electron chi connectivity index (χ2n) is 10.2. The molecule has 1 fully saturated rings. The van der Waals surface area contributed by atoms with E-state index in [9.17, 15) is 9.59 Å². The van der Waals surface area contributed by atoms with Crippen LogP contribution in [-0.2, 0) is 17.8 Å². The number of carbonyl (C=O) groups is 2. The van der Waals surface area contributed by atoms with E-state index in [1.807, 2.05) is 58.0 Å². The minimum Gasteiger partial charge on any atom is -0.496 e. The number of nitrogens with zero attached hydrogens (tertiary/aromatic N) is 1. The number of hydrogen-bond acceptors (Lipinski definition) is 4. The Kier molecular flexibility index (Phi) is 5.76. The number of amides is 2. The Morgan fingerprint density at radius 3 is 2.69 bits per heavy atom. The fourth-order valence-corrected chi connectivity index (χ4v) is 5.09. The molecule has 4 rings (SSSR count). The average molecular weight is 436 g/mol. The van der Waals surface area contributed by atoms with E-state index in [0.717, 1.165) is 22.4 Å². The normalized spacial score (nSPS) is 23.0. The van der Waals surface area contributed by atoms with E-state index >= 15 is 0 Å². The first kappa shape index (κ1) is 22.3. The summed E-state index contributed by atoms with van der Waals surface area (Å²) in [7, 11) is 1.67. The van der Waals surface area contributed by atoms with E-state index in [0.29, 0.717) is 31.6 Å². The van der Waals surface area contributed by atoms with Crippen LogP contribution in [0.4, 0.5) is 0 Å². The van der Waals surface area contributed by atoms with E-state index in [-0.39, 0.29) is 23.3 Å². The van der Waals surface area contributed by atoms with Crippen molar-refractivity contribution in [1.82, 2.24) is 15.5 Å². The van der Waals surface area contributed by atoms with Crippen molar-refractivity contribution in [2.75, 3.05) is 20.2 Å². The van der Waals surface area contributed by atoms with E-state index < -0.39 is 5.54 Å². The molecule has 6 nitrogen and oxygen atoms in total. The van der Waals surface area contributed by atoms with Gasteiger partial charge in [-0.25, -0.2) is 0 Å². The molecule has 2 N–H and O–H groups in total. The van der Waals surface area contributed by atoms with Crippen LogP contribution in [0.15, 0.2) is 42.5 Å². The standard InChI is InChI=1S/C26H33N3O3/c1-17-12-18(10-11-22(17)32-5)14-29-15-21(24(31)27-25(2,3)4)26(16-29)13-19-8-6-7-9-20(19)23(30)28-26/h6-12,21H,13-16H2,1-5H3,(H,27,31)(H,28,30)/t21-,26+/m0/s1. The summed E-state index contributed by atoms with van der Waals surface area (Å²) < 4.78 is 5.39. The Morgan fingerprint density at radius 2 is 2.00 bits per heavy atom. The molecule has 2 atom stereocenters.